The third-order valence-corrected chi connectivity index (χ3v) is 6.62. The second-order valence-electron chi connectivity index (χ2n) is 8.21. The van der Waals surface area contributed by atoms with Crippen LogP contribution in [0.4, 0.5) is 0 Å². The normalized spacial score (nSPS) is 13.2. The van der Waals surface area contributed by atoms with Crippen LogP contribution in [-0.2, 0) is 4.57 Å². The molecule has 5 heteroatoms. The number of carbonyl (C=O) groups is 1. The van der Waals surface area contributed by atoms with E-state index in [0.717, 1.165) is 38.0 Å². The van der Waals surface area contributed by atoms with Crippen LogP contribution in [0.3, 0.4) is 0 Å². The molecular formula is C22H36O4P+. The van der Waals surface area contributed by atoms with Crippen LogP contribution < -0.4 is 9.47 Å². The molecule has 0 saturated carbocycles. The van der Waals surface area contributed by atoms with Crippen LogP contribution in [0.1, 0.15) is 70.2 Å². The van der Waals surface area contributed by atoms with Crippen molar-refractivity contribution in [2.75, 3.05) is 26.5 Å². The van der Waals surface area contributed by atoms with Gasteiger partial charge in [-0.05, 0) is 36.8 Å². The first-order valence-corrected chi connectivity index (χ1v) is 11.5. The highest BCUT2D eigenvalue weighted by atomic mass is 31.1. The van der Waals surface area contributed by atoms with Crippen molar-refractivity contribution in [3.05, 3.63) is 23.8 Å². The fourth-order valence-corrected chi connectivity index (χ4v) is 5.29. The van der Waals surface area contributed by atoms with Crippen molar-refractivity contribution in [3.8, 4) is 11.5 Å². The van der Waals surface area contributed by atoms with Crippen LogP contribution >= 0.6 is 7.80 Å². The molecule has 0 spiro atoms. The number of rotatable bonds is 13. The summed E-state index contributed by atoms with van der Waals surface area (Å²) in [6, 6.07) is 5.38. The van der Waals surface area contributed by atoms with Crippen LogP contribution in [0.25, 0.3) is 0 Å². The van der Waals surface area contributed by atoms with Crippen LogP contribution in [0.2, 0.25) is 0 Å². The predicted molar refractivity (Wildman–Crippen MR) is 113 cm³/mol. The van der Waals surface area contributed by atoms with E-state index in [-0.39, 0.29) is 11.2 Å². The molecule has 0 aliphatic heterocycles. The molecule has 1 aromatic carbocycles. The van der Waals surface area contributed by atoms with Gasteiger partial charge < -0.3 is 9.47 Å². The van der Waals surface area contributed by atoms with Crippen LogP contribution in [0, 0.1) is 11.3 Å². The second-order valence-corrected chi connectivity index (χ2v) is 9.98. The number of methoxy groups -OCH3 is 2. The first-order chi connectivity index (χ1) is 12.7. The maximum Gasteiger partial charge on any atom is 0.338 e. The van der Waals surface area contributed by atoms with E-state index in [2.05, 4.69) is 27.7 Å². The number of hydrogen-bond acceptors (Lipinski definition) is 4. The Bertz CT molecular complexity index is 602. The summed E-state index contributed by atoms with van der Waals surface area (Å²) in [5.41, 5.74) is 0.330. The third kappa shape index (κ3) is 8.01. The number of carbonyl (C=O) groups excluding carboxylic acids is 1. The van der Waals surface area contributed by atoms with Crippen LogP contribution in [-0.4, -0.2) is 32.3 Å². The van der Waals surface area contributed by atoms with Crippen molar-refractivity contribution in [1.82, 2.24) is 0 Å². The average molecular weight is 396 g/mol. The van der Waals surface area contributed by atoms with E-state index in [4.69, 9.17) is 9.47 Å². The Labute approximate surface area is 165 Å². The number of hydrogen-bond donors (Lipinski definition) is 0. The lowest BCUT2D eigenvalue weighted by Gasteiger charge is -2.26. The van der Waals surface area contributed by atoms with Gasteiger partial charge in [0.25, 0.3) is 0 Å². The lowest BCUT2D eigenvalue weighted by atomic mass is 9.78. The Morgan fingerprint density at radius 1 is 1.15 bits per heavy atom. The average Bonchev–Trinajstić information content (AvgIpc) is 2.59. The number of Topliss-reactive ketones (excluding diaryl/α,β-unsaturated/α-hetero) is 1. The summed E-state index contributed by atoms with van der Waals surface area (Å²) in [5.74, 6) is 1.44. The molecule has 2 unspecified atom stereocenters. The zero-order chi connectivity index (χ0) is 20.4. The van der Waals surface area contributed by atoms with E-state index in [1.54, 1.807) is 26.4 Å². The third-order valence-electron chi connectivity index (χ3n) is 4.77. The molecule has 0 bridgehead atoms. The number of ether oxygens (including phenoxy) is 2. The summed E-state index contributed by atoms with van der Waals surface area (Å²) in [5, 5.41) is 0. The largest absolute Gasteiger partial charge is 0.496 e. The van der Waals surface area contributed by atoms with E-state index in [1.807, 2.05) is 6.07 Å². The van der Waals surface area contributed by atoms with E-state index >= 15 is 0 Å². The Kier molecular flexibility index (Phi) is 10.0. The fraction of sp³-hybridized carbons (Fsp3) is 0.682. The number of ketones is 1. The van der Waals surface area contributed by atoms with Gasteiger partial charge in [0.15, 0.2) is 5.78 Å². The molecule has 2 atom stereocenters. The van der Waals surface area contributed by atoms with Gasteiger partial charge in [-0.3, -0.25) is 4.79 Å². The Morgan fingerprint density at radius 2 is 1.74 bits per heavy atom. The molecule has 0 radical (unpaired) electrons. The molecule has 1 rings (SSSR count). The lowest BCUT2D eigenvalue weighted by molar-refractivity contribution is 0.0911. The number of benzene rings is 1. The van der Waals surface area contributed by atoms with Crippen molar-refractivity contribution < 1.29 is 18.8 Å². The summed E-state index contributed by atoms with van der Waals surface area (Å²) < 4.78 is 23.0. The molecule has 0 aliphatic carbocycles. The first-order valence-electron chi connectivity index (χ1n) is 9.90. The Hall–Kier alpha value is -1.41. The van der Waals surface area contributed by atoms with Crippen LogP contribution in [0.5, 0.6) is 11.5 Å². The summed E-state index contributed by atoms with van der Waals surface area (Å²) in [4.78, 5) is 13.0. The van der Waals surface area contributed by atoms with Gasteiger partial charge in [0, 0.05) is 12.3 Å². The van der Waals surface area contributed by atoms with Gasteiger partial charge in [-0.2, -0.15) is 0 Å². The quantitative estimate of drug-likeness (QED) is 0.222. The van der Waals surface area contributed by atoms with Crippen molar-refractivity contribution in [2.24, 2.45) is 11.3 Å². The highest BCUT2D eigenvalue weighted by molar-refractivity contribution is 7.44. The van der Waals surface area contributed by atoms with Crippen molar-refractivity contribution >= 4 is 13.6 Å². The predicted octanol–water partition coefficient (Wildman–Crippen LogP) is 6.35. The first kappa shape index (κ1) is 23.6. The van der Waals surface area contributed by atoms with Crippen LogP contribution in [0.15, 0.2) is 18.2 Å². The van der Waals surface area contributed by atoms with Gasteiger partial charge in [-0.25, -0.2) is 0 Å². The highest BCUT2D eigenvalue weighted by Gasteiger charge is 2.30. The van der Waals surface area contributed by atoms with Crippen molar-refractivity contribution in [1.29, 1.82) is 0 Å². The molecule has 0 aromatic heterocycles. The lowest BCUT2D eigenvalue weighted by Crippen LogP contribution is -2.22. The van der Waals surface area contributed by atoms with Gasteiger partial charge in [-0.15, -0.1) is 0 Å². The molecule has 4 nitrogen and oxygen atoms in total. The zero-order valence-electron chi connectivity index (χ0n) is 17.8. The molecule has 0 saturated heterocycles. The minimum absolute atomic E-state index is 0.0221. The molecule has 152 valence electrons. The van der Waals surface area contributed by atoms with Gasteiger partial charge in [0.1, 0.15) is 29.4 Å². The summed E-state index contributed by atoms with van der Waals surface area (Å²) >= 11 is 0. The van der Waals surface area contributed by atoms with Gasteiger partial charge >= 0.3 is 7.80 Å². The van der Waals surface area contributed by atoms with E-state index in [0.29, 0.717) is 29.4 Å². The molecule has 0 heterocycles. The maximum absolute atomic E-state index is 13.0. The van der Waals surface area contributed by atoms with Gasteiger partial charge in [0.2, 0.25) is 0 Å². The minimum Gasteiger partial charge on any atom is -0.496 e. The second kappa shape index (κ2) is 11.4. The smallest absolute Gasteiger partial charge is 0.338 e. The minimum atomic E-state index is -1.14. The number of unbranched alkanes of at least 4 members (excludes halogenated alkanes) is 2. The van der Waals surface area contributed by atoms with E-state index in [9.17, 15) is 9.36 Å². The highest BCUT2D eigenvalue weighted by Crippen LogP contribution is 2.38. The van der Waals surface area contributed by atoms with Crippen molar-refractivity contribution in [2.45, 2.75) is 59.8 Å². The summed E-state index contributed by atoms with van der Waals surface area (Å²) in [7, 11) is 1.99. The Morgan fingerprint density at radius 3 is 2.26 bits per heavy atom. The fourth-order valence-electron chi connectivity index (χ4n) is 3.71. The van der Waals surface area contributed by atoms with Crippen molar-refractivity contribution in [3.63, 3.8) is 0 Å². The molecule has 0 aliphatic rings. The molecule has 0 fully saturated rings. The molecule has 27 heavy (non-hydrogen) atoms. The molecule has 1 aromatic rings. The summed E-state index contributed by atoms with van der Waals surface area (Å²) in [6.07, 6.45) is 6.19. The summed E-state index contributed by atoms with van der Waals surface area (Å²) in [6.45, 7) is 8.51. The topological polar surface area (TPSA) is 52.6 Å². The molecular weight excluding hydrogens is 359 g/mol. The van der Waals surface area contributed by atoms with Gasteiger partial charge in [-0.1, -0.05) is 44.7 Å². The maximum atomic E-state index is 13.0. The molecule has 0 amide bonds. The monoisotopic (exact) mass is 395 g/mol. The standard InChI is InChI=1S/C22H36O4P/c1-7-8-9-13-27(24)16-17(2)14-22(3,4)15-18(23)21-19(25-5)11-10-12-20(21)26-6/h10-12,17H,7-9,13-16H2,1-6H3/q+1. The van der Waals surface area contributed by atoms with E-state index < -0.39 is 7.80 Å². The Balaban J connectivity index is 2.72. The molecule has 0 N–H and O–H groups in total. The SMILES string of the molecule is CCCCC[P+](=O)CC(C)CC(C)(C)CC(=O)c1c(OC)cccc1OC. The van der Waals surface area contributed by atoms with E-state index in [1.165, 1.54) is 0 Å². The van der Waals surface area contributed by atoms with Gasteiger partial charge in [0.05, 0.1) is 14.2 Å². The zero-order valence-corrected chi connectivity index (χ0v) is 18.7.